The molecule has 3 aromatic rings. The predicted molar refractivity (Wildman–Crippen MR) is 128 cm³/mol. The zero-order chi connectivity index (χ0) is 22.4. The highest BCUT2D eigenvalue weighted by atomic mass is 16.1. The molecule has 1 amide bonds. The van der Waals surface area contributed by atoms with Crippen molar-refractivity contribution in [3.63, 3.8) is 0 Å². The number of nitrogens with zero attached hydrogens (tertiary/aromatic N) is 3. The Hall–Kier alpha value is -3.18. The number of hydrogen-bond acceptors (Lipinski definition) is 3. The molecule has 0 spiro atoms. The predicted octanol–water partition coefficient (Wildman–Crippen LogP) is 4.61. The molecule has 0 fully saturated rings. The number of carbonyl (C=O) groups is 1. The third kappa shape index (κ3) is 6.40. The summed E-state index contributed by atoms with van der Waals surface area (Å²) in [6.45, 7) is 7.82. The van der Waals surface area contributed by atoms with E-state index in [4.69, 9.17) is 0 Å². The van der Waals surface area contributed by atoms with Gasteiger partial charge >= 0.3 is 0 Å². The molecular weight excluding hydrogens is 384 g/mol. The summed E-state index contributed by atoms with van der Waals surface area (Å²) in [4.78, 5) is 14.6. The number of nitrogens with one attached hydrogen (secondary N) is 1. The standard InChI is InChI=1S/C26H32N4O/c1-19-6-8-23(9-7-19)18-30-21(3)25(20(2)28-30)14-15-26(31)27-24-12-10-22(11-13-24)16-17-29(4)5/h6-15H,16-18H2,1-5H3,(H,27,31)/b15-14+. The molecule has 2 aromatic carbocycles. The van der Waals surface area contributed by atoms with Crippen LogP contribution in [0.15, 0.2) is 54.6 Å². The Morgan fingerprint density at radius 1 is 1.00 bits per heavy atom. The maximum absolute atomic E-state index is 12.4. The van der Waals surface area contributed by atoms with E-state index in [0.29, 0.717) is 6.54 Å². The Kier molecular flexibility index (Phi) is 7.42. The van der Waals surface area contributed by atoms with Crippen molar-refractivity contribution in [1.29, 1.82) is 0 Å². The molecule has 3 rings (SSSR count). The number of carbonyl (C=O) groups excluding carboxylic acids is 1. The van der Waals surface area contributed by atoms with Crippen LogP contribution in [-0.4, -0.2) is 41.2 Å². The van der Waals surface area contributed by atoms with Crippen LogP contribution >= 0.6 is 0 Å². The Bertz CT molecular complexity index is 1040. The third-order valence-corrected chi connectivity index (χ3v) is 5.36. The van der Waals surface area contributed by atoms with Gasteiger partial charge in [-0.2, -0.15) is 5.10 Å². The maximum Gasteiger partial charge on any atom is 0.248 e. The van der Waals surface area contributed by atoms with Gasteiger partial charge in [0.05, 0.1) is 12.2 Å². The van der Waals surface area contributed by atoms with Crippen LogP contribution in [0, 0.1) is 20.8 Å². The molecule has 0 bridgehead atoms. The minimum absolute atomic E-state index is 0.147. The first-order valence-corrected chi connectivity index (χ1v) is 10.6. The Morgan fingerprint density at radius 3 is 2.29 bits per heavy atom. The lowest BCUT2D eigenvalue weighted by Gasteiger charge is -2.09. The molecule has 5 nitrogen and oxygen atoms in total. The van der Waals surface area contributed by atoms with E-state index in [1.54, 1.807) is 6.08 Å². The van der Waals surface area contributed by atoms with Crippen molar-refractivity contribution < 1.29 is 4.79 Å². The van der Waals surface area contributed by atoms with Crippen LogP contribution in [0.3, 0.4) is 0 Å². The van der Waals surface area contributed by atoms with Crippen molar-refractivity contribution in [2.45, 2.75) is 33.7 Å². The van der Waals surface area contributed by atoms with Gasteiger partial charge in [0.15, 0.2) is 0 Å². The second-order valence-corrected chi connectivity index (χ2v) is 8.30. The topological polar surface area (TPSA) is 50.2 Å². The number of aryl methyl sites for hydroxylation is 2. The number of rotatable bonds is 8. The smallest absolute Gasteiger partial charge is 0.248 e. The van der Waals surface area contributed by atoms with Crippen LogP contribution in [0.5, 0.6) is 0 Å². The summed E-state index contributed by atoms with van der Waals surface area (Å²) in [6, 6.07) is 16.5. The molecular formula is C26H32N4O. The zero-order valence-corrected chi connectivity index (χ0v) is 19.1. The van der Waals surface area contributed by atoms with E-state index in [2.05, 4.69) is 72.7 Å². The highest BCUT2D eigenvalue weighted by Crippen LogP contribution is 2.17. The van der Waals surface area contributed by atoms with Gasteiger partial charge in [0.25, 0.3) is 0 Å². The van der Waals surface area contributed by atoms with Gasteiger partial charge < -0.3 is 10.2 Å². The molecule has 0 unspecified atom stereocenters. The maximum atomic E-state index is 12.4. The van der Waals surface area contributed by atoms with E-state index in [1.165, 1.54) is 16.7 Å². The Labute approximate surface area is 185 Å². The lowest BCUT2D eigenvalue weighted by Crippen LogP contribution is -2.15. The molecule has 31 heavy (non-hydrogen) atoms. The van der Waals surface area contributed by atoms with E-state index < -0.39 is 0 Å². The number of benzene rings is 2. The number of anilines is 1. The highest BCUT2D eigenvalue weighted by Gasteiger charge is 2.10. The van der Waals surface area contributed by atoms with Crippen molar-refractivity contribution in [1.82, 2.24) is 14.7 Å². The molecule has 0 radical (unpaired) electrons. The first kappa shape index (κ1) is 22.5. The molecule has 5 heteroatoms. The normalized spacial score (nSPS) is 11.4. The van der Waals surface area contributed by atoms with E-state index in [0.717, 1.165) is 35.6 Å². The van der Waals surface area contributed by atoms with Gasteiger partial charge in [0, 0.05) is 29.6 Å². The van der Waals surface area contributed by atoms with Crippen LogP contribution in [0.25, 0.3) is 6.08 Å². The Morgan fingerprint density at radius 2 is 1.65 bits per heavy atom. The van der Waals surface area contributed by atoms with E-state index >= 15 is 0 Å². The number of likely N-dealkylation sites (N-methyl/N-ethyl adjacent to an activating group) is 1. The van der Waals surface area contributed by atoms with Gasteiger partial charge in [-0.25, -0.2) is 0 Å². The van der Waals surface area contributed by atoms with Crippen molar-refractivity contribution in [3.8, 4) is 0 Å². The van der Waals surface area contributed by atoms with Crippen LogP contribution in [0.1, 0.15) is 33.6 Å². The summed E-state index contributed by atoms with van der Waals surface area (Å²) in [7, 11) is 4.13. The number of aromatic nitrogens is 2. The number of amides is 1. The molecule has 0 aliphatic rings. The van der Waals surface area contributed by atoms with Crippen molar-refractivity contribution >= 4 is 17.7 Å². The lowest BCUT2D eigenvalue weighted by molar-refractivity contribution is -0.111. The second-order valence-electron chi connectivity index (χ2n) is 8.30. The molecule has 162 valence electrons. The van der Waals surface area contributed by atoms with Crippen LogP contribution in [0.2, 0.25) is 0 Å². The molecule has 1 N–H and O–H groups in total. The third-order valence-electron chi connectivity index (χ3n) is 5.36. The summed E-state index contributed by atoms with van der Waals surface area (Å²) in [5, 5.41) is 7.59. The second kappa shape index (κ2) is 10.2. The molecule has 0 atom stereocenters. The van der Waals surface area contributed by atoms with E-state index in [1.807, 2.05) is 36.7 Å². The highest BCUT2D eigenvalue weighted by molar-refractivity contribution is 6.02. The summed E-state index contributed by atoms with van der Waals surface area (Å²) in [6.07, 6.45) is 4.42. The van der Waals surface area contributed by atoms with Gasteiger partial charge in [-0.05, 0) is 70.6 Å². The molecule has 1 aromatic heterocycles. The van der Waals surface area contributed by atoms with Gasteiger partial charge in [0.1, 0.15) is 0 Å². The zero-order valence-electron chi connectivity index (χ0n) is 19.1. The molecule has 0 saturated carbocycles. The molecule has 1 heterocycles. The average Bonchev–Trinajstić information content (AvgIpc) is 3.00. The van der Waals surface area contributed by atoms with E-state index in [-0.39, 0.29) is 5.91 Å². The summed E-state index contributed by atoms with van der Waals surface area (Å²) < 4.78 is 1.99. The first-order valence-electron chi connectivity index (χ1n) is 10.6. The van der Waals surface area contributed by atoms with Crippen molar-refractivity contribution in [2.24, 2.45) is 0 Å². The molecule has 0 aliphatic carbocycles. The van der Waals surface area contributed by atoms with Crippen molar-refractivity contribution in [3.05, 3.63) is 88.2 Å². The van der Waals surface area contributed by atoms with Gasteiger partial charge in [0.2, 0.25) is 5.91 Å². The Balaban J connectivity index is 1.62. The molecule has 0 saturated heterocycles. The fourth-order valence-corrected chi connectivity index (χ4v) is 3.42. The fraction of sp³-hybridized carbons (Fsp3) is 0.308. The minimum Gasteiger partial charge on any atom is -0.323 e. The van der Waals surface area contributed by atoms with Crippen LogP contribution in [-0.2, 0) is 17.8 Å². The summed E-state index contributed by atoms with van der Waals surface area (Å²) in [5.74, 6) is -0.147. The lowest BCUT2D eigenvalue weighted by atomic mass is 10.1. The van der Waals surface area contributed by atoms with Gasteiger partial charge in [-0.15, -0.1) is 0 Å². The minimum atomic E-state index is -0.147. The number of hydrogen-bond donors (Lipinski definition) is 1. The van der Waals surface area contributed by atoms with Crippen molar-refractivity contribution in [2.75, 3.05) is 26.0 Å². The summed E-state index contributed by atoms with van der Waals surface area (Å²) >= 11 is 0. The van der Waals surface area contributed by atoms with Crippen LogP contribution in [0.4, 0.5) is 5.69 Å². The van der Waals surface area contributed by atoms with E-state index in [9.17, 15) is 4.79 Å². The fourth-order valence-electron chi connectivity index (χ4n) is 3.42. The van der Waals surface area contributed by atoms with Gasteiger partial charge in [-0.1, -0.05) is 42.0 Å². The van der Waals surface area contributed by atoms with Gasteiger partial charge in [-0.3, -0.25) is 9.48 Å². The largest absolute Gasteiger partial charge is 0.323 e. The summed E-state index contributed by atoms with van der Waals surface area (Å²) in [5.41, 5.74) is 7.46. The van der Waals surface area contributed by atoms with Crippen LogP contribution < -0.4 is 5.32 Å². The molecule has 0 aliphatic heterocycles. The monoisotopic (exact) mass is 416 g/mol. The first-order chi connectivity index (χ1) is 14.8. The quantitative estimate of drug-likeness (QED) is 0.546. The SMILES string of the molecule is Cc1ccc(Cn2nc(C)c(/C=C/C(=O)Nc3ccc(CCN(C)C)cc3)c2C)cc1. The average molecular weight is 417 g/mol.